The number of rotatable bonds is 9. The van der Waals surface area contributed by atoms with Crippen LogP contribution in [-0.2, 0) is 14.2 Å². The molecule has 0 amide bonds. The van der Waals surface area contributed by atoms with Crippen LogP contribution < -0.4 is 16.1 Å². The van der Waals surface area contributed by atoms with Gasteiger partial charge in [0.1, 0.15) is 18.3 Å². The Kier molecular flexibility index (Phi) is 6.94. The predicted octanol–water partition coefficient (Wildman–Crippen LogP) is -1.58. The zero-order valence-electron chi connectivity index (χ0n) is 17.8. The summed E-state index contributed by atoms with van der Waals surface area (Å²) in [5, 5.41) is 32.0. The van der Waals surface area contributed by atoms with Crippen molar-refractivity contribution in [1.82, 2.24) is 19.7 Å². The van der Waals surface area contributed by atoms with E-state index in [2.05, 4.69) is 9.97 Å². The van der Waals surface area contributed by atoms with Crippen LogP contribution >= 0.6 is 0 Å². The highest BCUT2D eigenvalue weighted by molar-refractivity contribution is 5.71. The van der Waals surface area contributed by atoms with E-state index in [-0.39, 0.29) is 11.8 Å². The van der Waals surface area contributed by atoms with Gasteiger partial charge in [-0.3, -0.25) is 14.8 Å². The fraction of sp³-hybridized carbons (Fsp3) is 0.706. The van der Waals surface area contributed by atoms with E-state index in [9.17, 15) is 29.9 Å². The Morgan fingerprint density at radius 2 is 1.94 bits per heavy atom. The predicted molar refractivity (Wildman–Crippen MR) is 106 cm³/mol. The van der Waals surface area contributed by atoms with Gasteiger partial charge in [-0.15, -0.1) is 0 Å². The second kappa shape index (κ2) is 9.33. The van der Waals surface area contributed by atoms with Gasteiger partial charge in [-0.2, -0.15) is 0 Å². The molecule has 0 spiro atoms. The first-order chi connectivity index (χ1) is 15.0. The third-order valence-electron chi connectivity index (χ3n) is 4.52. The molecule has 32 heavy (non-hydrogen) atoms. The molecule has 15 nitrogen and oxygen atoms in total. The van der Waals surface area contributed by atoms with Gasteiger partial charge in [-0.05, 0) is 42.3 Å². The van der Waals surface area contributed by atoms with E-state index in [0.717, 1.165) is 0 Å². The Morgan fingerprint density at radius 3 is 2.50 bits per heavy atom. The molecule has 2 aromatic rings. The van der Waals surface area contributed by atoms with Crippen molar-refractivity contribution in [2.75, 3.05) is 6.61 Å². The number of ether oxygens (including phenoxy) is 3. The molecule has 4 N–H and O–H groups in total. The molecule has 0 bridgehead atoms. The first kappa shape index (κ1) is 23.8. The molecular formula is C17H25N5O10. The van der Waals surface area contributed by atoms with Crippen LogP contribution in [0.5, 0.6) is 0 Å². The number of aromatic nitrogens is 4. The molecular weight excluding hydrogens is 434 g/mol. The van der Waals surface area contributed by atoms with Gasteiger partial charge in [0.25, 0.3) is 17.5 Å². The first-order valence-corrected chi connectivity index (χ1v) is 9.85. The standard InChI is InChI=1S/C17H25N5O10/c1-6(2)29-8(5-23)11-10(24)12(30-7(3)4)15(31-11)32-21-9-13(19-17(21)22(27)28)18-16(26)20-14(9)25/h6-8,10-12,15,23-24H,5H2,1-4H3,(H2,18,20,25,26)/t8-,10+,11-,12-,15?/m1/s1. The number of fused-ring (bicyclic) bond motifs is 1. The Bertz CT molecular complexity index is 1080. The van der Waals surface area contributed by atoms with Crippen LogP contribution in [0.4, 0.5) is 5.95 Å². The van der Waals surface area contributed by atoms with Crippen molar-refractivity contribution in [2.24, 2.45) is 0 Å². The molecule has 0 aliphatic carbocycles. The molecule has 1 saturated heterocycles. The maximum atomic E-state index is 12.3. The van der Waals surface area contributed by atoms with Crippen molar-refractivity contribution < 1.29 is 34.2 Å². The minimum absolute atomic E-state index is 0.304. The summed E-state index contributed by atoms with van der Waals surface area (Å²) in [7, 11) is 0. The van der Waals surface area contributed by atoms with Gasteiger partial charge < -0.3 is 39.4 Å². The summed E-state index contributed by atoms with van der Waals surface area (Å²) in [6.45, 7) is 6.35. The molecule has 15 heteroatoms. The lowest BCUT2D eigenvalue weighted by Gasteiger charge is -2.26. The molecule has 1 aliphatic heterocycles. The van der Waals surface area contributed by atoms with Crippen LogP contribution in [0.15, 0.2) is 9.59 Å². The summed E-state index contributed by atoms with van der Waals surface area (Å²) in [5.74, 6) is -0.908. The molecule has 1 aliphatic rings. The molecule has 1 fully saturated rings. The van der Waals surface area contributed by atoms with Crippen molar-refractivity contribution in [3.63, 3.8) is 0 Å². The zero-order valence-corrected chi connectivity index (χ0v) is 17.8. The zero-order chi connectivity index (χ0) is 23.7. The number of nitro groups is 1. The number of nitrogens with one attached hydrogen (secondary N) is 2. The molecule has 0 saturated carbocycles. The average molecular weight is 459 g/mol. The van der Waals surface area contributed by atoms with Gasteiger partial charge >= 0.3 is 17.2 Å². The fourth-order valence-electron chi connectivity index (χ4n) is 3.39. The number of aromatic amines is 2. The third-order valence-corrected chi connectivity index (χ3v) is 4.52. The number of hydrogen-bond donors (Lipinski definition) is 4. The summed E-state index contributed by atoms with van der Waals surface area (Å²) in [6, 6.07) is 0. The summed E-state index contributed by atoms with van der Waals surface area (Å²) >= 11 is 0. The minimum Gasteiger partial charge on any atom is -0.394 e. The molecule has 5 atom stereocenters. The monoisotopic (exact) mass is 459 g/mol. The molecule has 0 radical (unpaired) electrons. The van der Waals surface area contributed by atoms with E-state index in [1.54, 1.807) is 27.7 Å². The van der Waals surface area contributed by atoms with E-state index in [0.29, 0.717) is 4.73 Å². The molecule has 178 valence electrons. The highest BCUT2D eigenvalue weighted by atomic mass is 16.8. The van der Waals surface area contributed by atoms with E-state index in [4.69, 9.17) is 19.0 Å². The number of H-pyrrole nitrogens is 2. The maximum Gasteiger partial charge on any atom is 0.474 e. The third kappa shape index (κ3) is 4.66. The van der Waals surface area contributed by atoms with Gasteiger partial charge in [0.05, 0.1) is 18.8 Å². The highest BCUT2D eigenvalue weighted by Gasteiger charge is 2.52. The Labute approximate surface area is 180 Å². The SMILES string of the molecule is CC(C)O[C@H](CO)[C@H]1OC(On2c([N+](=O)[O-])nc3[nH]c(=O)[nH]c(=O)c32)[C@H](OC(C)C)[C@H]1O. The van der Waals surface area contributed by atoms with Gasteiger partial charge in [0.2, 0.25) is 0 Å². The molecule has 2 aromatic heterocycles. The Balaban J connectivity index is 2.03. The molecule has 3 rings (SSSR count). The van der Waals surface area contributed by atoms with Crippen LogP contribution in [0.3, 0.4) is 0 Å². The van der Waals surface area contributed by atoms with Crippen molar-refractivity contribution in [2.45, 2.75) is 70.6 Å². The Morgan fingerprint density at radius 1 is 1.25 bits per heavy atom. The van der Waals surface area contributed by atoms with E-state index >= 15 is 0 Å². The summed E-state index contributed by atoms with van der Waals surface area (Å²) < 4.78 is 17.5. The minimum atomic E-state index is -1.45. The van der Waals surface area contributed by atoms with Crippen LogP contribution in [0, 0.1) is 10.1 Å². The van der Waals surface area contributed by atoms with Crippen LogP contribution in [0.25, 0.3) is 11.2 Å². The van der Waals surface area contributed by atoms with Crippen molar-refractivity contribution >= 4 is 17.1 Å². The number of aliphatic hydroxyl groups excluding tert-OH is 2. The highest BCUT2D eigenvalue weighted by Crippen LogP contribution is 2.29. The molecule has 1 unspecified atom stereocenters. The van der Waals surface area contributed by atoms with Crippen LogP contribution in [0.2, 0.25) is 0 Å². The average Bonchev–Trinajstić information content (AvgIpc) is 3.19. The first-order valence-electron chi connectivity index (χ1n) is 9.85. The topological polar surface area (TPSA) is 204 Å². The van der Waals surface area contributed by atoms with E-state index in [1.165, 1.54) is 0 Å². The number of imidazole rings is 1. The normalized spacial score (nSPS) is 24.5. The number of hydrogen-bond acceptors (Lipinski definition) is 11. The van der Waals surface area contributed by atoms with Gasteiger partial charge in [0, 0.05) is 0 Å². The van der Waals surface area contributed by atoms with Crippen LogP contribution in [-0.4, -0.2) is 84.3 Å². The second-order valence-electron chi connectivity index (χ2n) is 7.69. The van der Waals surface area contributed by atoms with Gasteiger partial charge in [-0.25, -0.2) is 4.79 Å². The number of nitrogens with zero attached hydrogens (tertiary/aromatic N) is 3. The summed E-state index contributed by atoms with van der Waals surface area (Å²) in [5.41, 5.74) is -2.72. The largest absolute Gasteiger partial charge is 0.474 e. The molecule has 0 aromatic carbocycles. The number of aliphatic hydroxyl groups is 2. The van der Waals surface area contributed by atoms with Crippen molar-refractivity contribution in [3.8, 4) is 0 Å². The lowest BCUT2D eigenvalue weighted by atomic mass is 10.1. The smallest absolute Gasteiger partial charge is 0.394 e. The fourth-order valence-corrected chi connectivity index (χ4v) is 3.39. The summed E-state index contributed by atoms with van der Waals surface area (Å²) in [6.07, 6.45) is -6.73. The second-order valence-corrected chi connectivity index (χ2v) is 7.69. The van der Waals surface area contributed by atoms with E-state index in [1.807, 2.05) is 4.98 Å². The van der Waals surface area contributed by atoms with Crippen LogP contribution in [0.1, 0.15) is 27.7 Å². The molecule has 3 heterocycles. The van der Waals surface area contributed by atoms with Gasteiger partial charge in [-0.1, -0.05) is 0 Å². The maximum absolute atomic E-state index is 12.3. The lowest BCUT2D eigenvalue weighted by molar-refractivity contribution is -0.403. The lowest BCUT2D eigenvalue weighted by Crippen LogP contribution is -2.45. The Hall–Kier alpha value is -2.85. The summed E-state index contributed by atoms with van der Waals surface area (Å²) in [4.78, 5) is 47.7. The van der Waals surface area contributed by atoms with Crippen molar-refractivity contribution in [1.29, 1.82) is 0 Å². The van der Waals surface area contributed by atoms with Gasteiger partial charge in [0.15, 0.2) is 6.10 Å². The van der Waals surface area contributed by atoms with E-state index < -0.39 is 71.1 Å². The van der Waals surface area contributed by atoms with Crippen molar-refractivity contribution in [3.05, 3.63) is 31.0 Å². The quantitative estimate of drug-likeness (QED) is 0.249.